The van der Waals surface area contributed by atoms with Crippen LogP contribution in [0.25, 0.3) is 0 Å². The number of carbonyl (C=O) groups is 4. The van der Waals surface area contributed by atoms with Gasteiger partial charge in [0.05, 0.1) is 26.4 Å². The summed E-state index contributed by atoms with van der Waals surface area (Å²) in [5.74, 6) is -2.77. The smallest absolute Gasteiger partial charge is 0.410 e. The highest BCUT2D eigenvalue weighted by Gasteiger charge is 2.56. The number of aliphatic hydroxyl groups excluding tert-OH is 1. The fourth-order valence-corrected chi connectivity index (χ4v) is 3.80. The molecule has 2 saturated heterocycles. The van der Waals surface area contributed by atoms with Gasteiger partial charge < -0.3 is 24.6 Å². The summed E-state index contributed by atoms with van der Waals surface area (Å²) >= 11 is 0. The van der Waals surface area contributed by atoms with E-state index >= 15 is 0 Å². The van der Waals surface area contributed by atoms with Gasteiger partial charge in [-0.05, 0) is 40.7 Å². The van der Waals surface area contributed by atoms with Crippen molar-refractivity contribution in [3.8, 4) is 0 Å². The molecule has 0 saturated carbocycles. The zero-order valence-corrected chi connectivity index (χ0v) is 18.3. The predicted molar refractivity (Wildman–Crippen MR) is 103 cm³/mol. The lowest BCUT2D eigenvalue weighted by Crippen LogP contribution is -2.77. The van der Waals surface area contributed by atoms with E-state index in [1.807, 2.05) is 0 Å². The highest BCUT2D eigenvalue weighted by molar-refractivity contribution is 6.42. The van der Waals surface area contributed by atoms with E-state index in [9.17, 15) is 24.3 Å². The Balaban J connectivity index is 2.46. The van der Waals surface area contributed by atoms with Gasteiger partial charge >= 0.3 is 12.1 Å². The number of esters is 1. The standard InChI is InChI=1S/C19H31N3O8/c1-18(2,3)30-17(27)22(5)19(8-7-11(9-23)29-10-19)16-20-14(25)13(24)12(21(16)4)15(26)28-6/h11-12,16,23H,7-10H2,1-6H3,(H,20,25). The van der Waals surface area contributed by atoms with Gasteiger partial charge in [-0.25, -0.2) is 9.59 Å². The van der Waals surface area contributed by atoms with Crippen molar-refractivity contribution in [2.24, 2.45) is 0 Å². The number of ether oxygens (including phenoxy) is 3. The van der Waals surface area contributed by atoms with Crippen LogP contribution in [0.5, 0.6) is 0 Å². The van der Waals surface area contributed by atoms with Gasteiger partial charge in [0.15, 0.2) is 6.04 Å². The summed E-state index contributed by atoms with van der Waals surface area (Å²) < 4.78 is 15.9. The number of aliphatic hydroxyl groups is 1. The Morgan fingerprint density at radius 1 is 1.37 bits per heavy atom. The zero-order valence-electron chi connectivity index (χ0n) is 18.3. The second kappa shape index (κ2) is 8.86. The van der Waals surface area contributed by atoms with Crippen LogP contribution < -0.4 is 5.32 Å². The lowest BCUT2D eigenvalue weighted by atomic mass is 9.83. The van der Waals surface area contributed by atoms with Crippen molar-refractivity contribution >= 4 is 23.8 Å². The van der Waals surface area contributed by atoms with Gasteiger partial charge in [0.1, 0.15) is 17.3 Å². The zero-order chi connectivity index (χ0) is 22.9. The molecule has 0 aromatic rings. The Labute approximate surface area is 175 Å². The van der Waals surface area contributed by atoms with Crippen LogP contribution in [0.4, 0.5) is 4.79 Å². The van der Waals surface area contributed by atoms with E-state index in [-0.39, 0.29) is 13.2 Å². The molecule has 0 aromatic heterocycles. The number of ketones is 1. The van der Waals surface area contributed by atoms with Gasteiger partial charge in [0.25, 0.3) is 5.91 Å². The first kappa shape index (κ1) is 24.0. The Hall–Kier alpha value is -2.24. The lowest BCUT2D eigenvalue weighted by Gasteiger charge is -2.54. The fourth-order valence-electron chi connectivity index (χ4n) is 3.80. The van der Waals surface area contributed by atoms with Crippen LogP contribution in [0.15, 0.2) is 0 Å². The molecule has 2 amide bonds. The number of carbonyl (C=O) groups excluding carboxylic acids is 4. The van der Waals surface area contributed by atoms with E-state index in [1.54, 1.807) is 20.8 Å². The summed E-state index contributed by atoms with van der Waals surface area (Å²) in [4.78, 5) is 52.5. The van der Waals surface area contributed by atoms with Crippen molar-refractivity contribution in [2.75, 3.05) is 34.4 Å². The number of Topliss-reactive ketones (excluding diaryl/α,β-unsaturated/α-hetero) is 1. The van der Waals surface area contributed by atoms with Gasteiger partial charge in [-0.2, -0.15) is 0 Å². The number of rotatable bonds is 4. The molecule has 4 unspecified atom stereocenters. The molecule has 0 aliphatic carbocycles. The number of hydrogen-bond acceptors (Lipinski definition) is 9. The number of nitrogens with zero attached hydrogens (tertiary/aromatic N) is 2. The number of hydrogen-bond donors (Lipinski definition) is 2. The van der Waals surface area contributed by atoms with E-state index < -0.39 is 53.2 Å². The average molecular weight is 429 g/mol. The van der Waals surface area contributed by atoms with Crippen molar-refractivity contribution in [2.45, 2.75) is 63.1 Å². The molecule has 2 N–H and O–H groups in total. The van der Waals surface area contributed by atoms with Crippen LogP contribution in [0, 0.1) is 0 Å². The fraction of sp³-hybridized carbons (Fsp3) is 0.789. The summed E-state index contributed by atoms with van der Waals surface area (Å²) in [6, 6.07) is -1.45. The lowest BCUT2D eigenvalue weighted by molar-refractivity contribution is -0.171. The van der Waals surface area contributed by atoms with Crippen molar-refractivity contribution < 1.29 is 38.5 Å². The number of nitrogens with one attached hydrogen (secondary N) is 1. The quantitative estimate of drug-likeness (QED) is 0.337. The van der Waals surface area contributed by atoms with E-state index in [4.69, 9.17) is 14.2 Å². The third-order valence-corrected chi connectivity index (χ3v) is 5.50. The summed E-state index contributed by atoms with van der Waals surface area (Å²) in [6.45, 7) is 4.94. The summed E-state index contributed by atoms with van der Waals surface area (Å²) in [5, 5.41) is 12.0. The summed E-state index contributed by atoms with van der Waals surface area (Å²) in [7, 11) is 4.13. The highest BCUT2D eigenvalue weighted by Crippen LogP contribution is 2.35. The number of likely N-dealkylation sites (N-methyl/N-ethyl adjacent to an activating group) is 2. The number of amides is 2. The molecule has 0 radical (unpaired) electrons. The maximum atomic E-state index is 12.9. The van der Waals surface area contributed by atoms with Crippen molar-refractivity contribution in [1.29, 1.82) is 0 Å². The molecule has 2 aliphatic heterocycles. The van der Waals surface area contributed by atoms with Gasteiger partial charge in [-0.15, -0.1) is 0 Å². The molecule has 2 fully saturated rings. The molecule has 11 nitrogen and oxygen atoms in total. The second-order valence-corrected chi connectivity index (χ2v) is 8.63. The molecule has 170 valence electrons. The largest absolute Gasteiger partial charge is 0.467 e. The van der Waals surface area contributed by atoms with Crippen LogP contribution in [0.1, 0.15) is 33.6 Å². The third-order valence-electron chi connectivity index (χ3n) is 5.50. The first-order valence-corrected chi connectivity index (χ1v) is 9.71. The minimum absolute atomic E-state index is 0.0503. The minimum Gasteiger partial charge on any atom is -0.467 e. The van der Waals surface area contributed by atoms with E-state index in [1.165, 1.54) is 23.9 Å². The van der Waals surface area contributed by atoms with Crippen molar-refractivity contribution in [3.63, 3.8) is 0 Å². The van der Waals surface area contributed by atoms with Crippen molar-refractivity contribution in [1.82, 2.24) is 15.1 Å². The Morgan fingerprint density at radius 2 is 2.00 bits per heavy atom. The topological polar surface area (TPSA) is 135 Å². The number of methoxy groups -OCH3 is 1. The Bertz CT molecular complexity index is 696. The monoisotopic (exact) mass is 429 g/mol. The highest BCUT2D eigenvalue weighted by atomic mass is 16.6. The molecular weight excluding hydrogens is 398 g/mol. The SMILES string of the molecule is COC(=O)C1C(=O)C(=O)NC(C2(N(C)C(=O)OC(C)(C)C)CCC(CO)OC2)N1C. The predicted octanol–water partition coefficient (Wildman–Crippen LogP) is -0.738. The average Bonchev–Trinajstić information content (AvgIpc) is 2.68. The van der Waals surface area contributed by atoms with Crippen LogP contribution in [-0.2, 0) is 28.6 Å². The summed E-state index contributed by atoms with van der Waals surface area (Å²) in [5.41, 5.74) is -1.92. The Kier molecular flexibility index (Phi) is 7.10. The molecule has 0 bridgehead atoms. The normalized spacial score (nSPS) is 30.4. The molecular formula is C19H31N3O8. The van der Waals surface area contributed by atoms with Crippen LogP contribution >= 0.6 is 0 Å². The van der Waals surface area contributed by atoms with Gasteiger partial charge in [-0.1, -0.05) is 0 Å². The molecule has 0 spiro atoms. The minimum atomic E-state index is -1.45. The maximum Gasteiger partial charge on any atom is 0.410 e. The molecule has 11 heteroatoms. The molecule has 0 aromatic carbocycles. The second-order valence-electron chi connectivity index (χ2n) is 8.63. The molecule has 2 aliphatic rings. The van der Waals surface area contributed by atoms with Gasteiger partial charge in [-0.3, -0.25) is 19.4 Å². The summed E-state index contributed by atoms with van der Waals surface area (Å²) in [6.07, 6.45) is -1.30. The van der Waals surface area contributed by atoms with E-state index in [2.05, 4.69) is 5.32 Å². The maximum absolute atomic E-state index is 12.9. The van der Waals surface area contributed by atoms with Crippen LogP contribution in [0.2, 0.25) is 0 Å². The van der Waals surface area contributed by atoms with Gasteiger partial charge in [0.2, 0.25) is 5.78 Å². The molecule has 2 rings (SSSR count). The third kappa shape index (κ3) is 4.57. The van der Waals surface area contributed by atoms with Gasteiger partial charge in [0, 0.05) is 7.05 Å². The van der Waals surface area contributed by atoms with E-state index in [0.717, 1.165) is 7.11 Å². The molecule has 30 heavy (non-hydrogen) atoms. The first-order chi connectivity index (χ1) is 13.9. The molecule has 4 atom stereocenters. The van der Waals surface area contributed by atoms with Crippen molar-refractivity contribution in [3.05, 3.63) is 0 Å². The molecule has 2 heterocycles. The first-order valence-electron chi connectivity index (χ1n) is 9.71. The van der Waals surface area contributed by atoms with Crippen LogP contribution in [-0.4, -0.2) is 103 Å². The Morgan fingerprint density at radius 3 is 2.47 bits per heavy atom. The van der Waals surface area contributed by atoms with Crippen LogP contribution in [0.3, 0.4) is 0 Å². The van der Waals surface area contributed by atoms with E-state index in [0.29, 0.717) is 12.8 Å².